The second-order valence-corrected chi connectivity index (χ2v) is 9.39. The van der Waals surface area contributed by atoms with E-state index in [9.17, 15) is 13.2 Å². The van der Waals surface area contributed by atoms with E-state index in [4.69, 9.17) is 0 Å². The molecule has 1 aromatic heterocycles. The molecule has 0 bridgehead atoms. The minimum atomic E-state index is -3.41. The molecular formula is C23H28N4O3S. The maximum Gasteiger partial charge on any atom is 0.229 e. The maximum atomic E-state index is 12.6. The number of sulfonamides is 1. The zero-order valence-corrected chi connectivity index (χ0v) is 18.9. The van der Waals surface area contributed by atoms with Crippen molar-refractivity contribution in [1.29, 1.82) is 0 Å². The van der Waals surface area contributed by atoms with Gasteiger partial charge in [0.05, 0.1) is 29.8 Å². The predicted octanol–water partition coefficient (Wildman–Crippen LogP) is 3.09. The molecule has 31 heavy (non-hydrogen) atoms. The number of carbonyl (C=O) groups excluding carboxylic acids is 1. The molecule has 164 valence electrons. The summed E-state index contributed by atoms with van der Waals surface area (Å²) in [5.74, 6) is -0.0613. The van der Waals surface area contributed by atoms with Crippen molar-refractivity contribution in [3.05, 3.63) is 71.9 Å². The second-order valence-electron chi connectivity index (χ2n) is 7.64. The van der Waals surface area contributed by atoms with E-state index in [1.54, 1.807) is 36.2 Å². The summed E-state index contributed by atoms with van der Waals surface area (Å²) in [5.41, 5.74) is 4.27. The van der Waals surface area contributed by atoms with Gasteiger partial charge < -0.3 is 4.90 Å². The van der Waals surface area contributed by atoms with Gasteiger partial charge in [0.25, 0.3) is 0 Å². The summed E-state index contributed by atoms with van der Waals surface area (Å²) in [4.78, 5) is 14.3. The van der Waals surface area contributed by atoms with Gasteiger partial charge in [-0.05, 0) is 36.1 Å². The zero-order chi connectivity index (χ0) is 22.4. The number of para-hydroxylation sites is 1. The van der Waals surface area contributed by atoms with E-state index in [-0.39, 0.29) is 12.3 Å². The number of hydrogen-bond donors (Lipinski definition) is 1. The van der Waals surface area contributed by atoms with Crippen LogP contribution >= 0.6 is 0 Å². The van der Waals surface area contributed by atoms with Crippen LogP contribution in [-0.2, 0) is 34.7 Å². The number of rotatable bonds is 9. The monoisotopic (exact) mass is 440 g/mol. The lowest BCUT2D eigenvalue weighted by atomic mass is 10.1. The second kappa shape index (κ2) is 9.78. The molecular weight excluding hydrogens is 412 g/mol. The Labute approximate surface area is 183 Å². The summed E-state index contributed by atoms with van der Waals surface area (Å²) in [6.45, 7) is 0.595. The van der Waals surface area contributed by atoms with Crippen molar-refractivity contribution in [2.45, 2.75) is 19.3 Å². The molecule has 0 saturated heterocycles. The third-order valence-electron chi connectivity index (χ3n) is 5.01. The Bertz CT molecular complexity index is 1140. The molecule has 1 N–H and O–H groups in total. The number of nitrogens with one attached hydrogen (secondary N) is 1. The van der Waals surface area contributed by atoms with Crippen LogP contribution < -0.4 is 4.72 Å². The molecule has 0 aliphatic heterocycles. The summed E-state index contributed by atoms with van der Waals surface area (Å²) >= 11 is 0. The molecule has 1 amide bonds. The Morgan fingerprint density at radius 3 is 2.48 bits per heavy atom. The highest BCUT2D eigenvalue weighted by Gasteiger charge is 2.14. The molecule has 7 nitrogen and oxygen atoms in total. The Morgan fingerprint density at radius 2 is 1.77 bits per heavy atom. The summed E-state index contributed by atoms with van der Waals surface area (Å²) in [6.07, 6.45) is 2.79. The molecule has 0 atom stereocenters. The first-order chi connectivity index (χ1) is 14.7. The Morgan fingerprint density at radius 1 is 1.10 bits per heavy atom. The van der Waals surface area contributed by atoms with Gasteiger partial charge in [0.1, 0.15) is 0 Å². The van der Waals surface area contributed by atoms with Gasteiger partial charge in [0.2, 0.25) is 15.9 Å². The highest BCUT2D eigenvalue weighted by Crippen LogP contribution is 2.20. The number of benzene rings is 2. The number of amides is 1. The van der Waals surface area contributed by atoms with Crippen molar-refractivity contribution in [3.8, 4) is 11.3 Å². The number of nitrogens with zero attached hydrogens (tertiary/aromatic N) is 3. The Hall–Kier alpha value is -3.13. The molecule has 8 heteroatoms. The van der Waals surface area contributed by atoms with E-state index < -0.39 is 10.0 Å². The molecule has 3 aromatic rings. The number of likely N-dealkylation sites (N-methyl/N-ethyl adjacent to an activating group) is 1. The normalized spacial score (nSPS) is 11.3. The Kier molecular flexibility index (Phi) is 7.12. The molecule has 0 aliphatic carbocycles. The fourth-order valence-corrected chi connectivity index (χ4v) is 4.02. The molecule has 3 rings (SSSR count). The third-order valence-corrected chi connectivity index (χ3v) is 5.60. The van der Waals surface area contributed by atoms with Gasteiger partial charge in [-0.2, -0.15) is 5.10 Å². The van der Waals surface area contributed by atoms with Crippen LogP contribution in [0.2, 0.25) is 0 Å². The van der Waals surface area contributed by atoms with Gasteiger partial charge >= 0.3 is 0 Å². The first-order valence-corrected chi connectivity index (χ1v) is 12.0. The zero-order valence-electron chi connectivity index (χ0n) is 18.1. The Balaban J connectivity index is 1.55. The average Bonchev–Trinajstić information content (AvgIpc) is 3.09. The van der Waals surface area contributed by atoms with Crippen LogP contribution in [0, 0.1) is 0 Å². The standard InChI is InChI=1S/C23H28N4O3S/c1-26(23(28)16-19-12-7-8-14-21(19)25-31(3,29)30)15-9-13-20-17-22(27(2)24-20)18-10-5-4-6-11-18/h4-8,10-12,14,17,25H,9,13,15-16H2,1-3H3. The van der Waals surface area contributed by atoms with Crippen molar-refractivity contribution < 1.29 is 13.2 Å². The van der Waals surface area contributed by atoms with Crippen molar-refractivity contribution in [2.24, 2.45) is 7.05 Å². The van der Waals surface area contributed by atoms with Gasteiger partial charge in [0, 0.05) is 20.6 Å². The quantitative estimate of drug-likeness (QED) is 0.554. The van der Waals surface area contributed by atoms with E-state index in [2.05, 4.69) is 28.0 Å². The molecule has 0 unspecified atom stereocenters. The molecule has 1 heterocycles. The van der Waals surface area contributed by atoms with Crippen LogP contribution in [0.5, 0.6) is 0 Å². The lowest BCUT2D eigenvalue weighted by Crippen LogP contribution is -2.29. The van der Waals surface area contributed by atoms with E-state index in [0.29, 0.717) is 17.8 Å². The van der Waals surface area contributed by atoms with Crippen LogP contribution in [0.3, 0.4) is 0 Å². The van der Waals surface area contributed by atoms with Gasteiger partial charge in [0.15, 0.2) is 0 Å². The van der Waals surface area contributed by atoms with Gasteiger partial charge in [-0.15, -0.1) is 0 Å². The van der Waals surface area contributed by atoms with Gasteiger partial charge in [-0.3, -0.25) is 14.2 Å². The van der Waals surface area contributed by atoms with Crippen molar-refractivity contribution in [1.82, 2.24) is 14.7 Å². The van der Waals surface area contributed by atoms with Crippen LogP contribution in [0.1, 0.15) is 17.7 Å². The van der Waals surface area contributed by atoms with Crippen molar-refractivity contribution in [2.75, 3.05) is 24.6 Å². The van der Waals surface area contributed by atoms with Crippen molar-refractivity contribution >= 4 is 21.6 Å². The minimum absolute atomic E-state index is 0.0613. The van der Waals surface area contributed by atoms with Crippen LogP contribution in [-0.4, -0.2) is 48.9 Å². The molecule has 0 fully saturated rings. The highest BCUT2D eigenvalue weighted by atomic mass is 32.2. The third kappa shape index (κ3) is 6.42. The van der Waals surface area contributed by atoms with Crippen molar-refractivity contribution in [3.63, 3.8) is 0 Å². The lowest BCUT2D eigenvalue weighted by molar-refractivity contribution is -0.129. The SMILES string of the molecule is CN(CCCc1cc(-c2ccccc2)n(C)n1)C(=O)Cc1ccccc1NS(C)(=O)=O. The molecule has 2 aromatic carbocycles. The maximum absolute atomic E-state index is 12.6. The smallest absolute Gasteiger partial charge is 0.229 e. The van der Waals surface area contributed by atoms with Gasteiger partial charge in [-0.25, -0.2) is 8.42 Å². The number of aromatic nitrogens is 2. The lowest BCUT2D eigenvalue weighted by Gasteiger charge is -2.18. The van der Waals surface area contributed by atoms with E-state index in [1.807, 2.05) is 29.9 Å². The molecule has 0 spiro atoms. The first-order valence-electron chi connectivity index (χ1n) is 10.1. The average molecular weight is 441 g/mol. The summed E-state index contributed by atoms with van der Waals surface area (Å²) in [6, 6.07) is 19.2. The first kappa shape index (κ1) is 22.6. The van der Waals surface area contributed by atoms with E-state index in [1.165, 1.54) is 0 Å². The van der Waals surface area contributed by atoms with Crippen LogP contribution in [0.4, 0.5) is 5.69 Å². The van der Waals surface area contributed by atoms with Gasteiger partial charge in [-0.1, -0.05) is 48.5 Å². The number of anilines is 1. The molecule has 0 aliphatic rings. The fourth-order valence-electron chi connectivity index (χ4n) is 3.42. The topological polar surface area (TPSA) is 84.3 Å². The summed E-state index contributed by atoms with van der Waals surface area (Å²) in [5, 5.41) is 4.59. The molecule has 0 saturated carbocycles. The van der Waals surface area contributed by atoms with E-state index in [0.717, 1.165) is 36.0 Å². The number of hydrogen-bond acceptors (Lipinski definition) is 4. The fraction of sp³-hybridized carbons (Fsp3) is 0.304. The predicted molar refractivity (Wildman–Crippen MR) is 123 cm³/mol. The summed E-state index contributed by atoms with van der Waals surface area (Å²) in [7, 11) is 0.295. The minimum Gasteiger partial charge on any atom is -0.345 e. The van der Waals surface area contributed by atoms with Crippen LogP contribution in [0.25, 0.3) is 11.3 Å². The number of aryl methyl sites for hydroxylation is 2. The largest absolute Gasteiger partial charge is 0.345 e. The van der Waals surface area contributed by atoms with E-state index >= 15 is 0 Å². The number of carbonyl (C=O) groups is 1. The highest BCUT2D eigenvalue weighted by molar-refractivity contribution is 7.92. The van der Waals surface area contributed by atoms with Crippen LogP contribution in [0.15, 0.2) is 60.7 Å². The summed E-state index contributed by atoms with van der Waals surface area (Å²) < 4.78 is 27.5. The molecule has 0 radical (unpaired) electrons.